The Bertz CT molecular complexity index is 372. The van der Waals surface area contributed by atoms with Gasteiger partial charge in [0.25, 0.3) is 0 Å². The van der Waals surface area contributed by atoms with Crippen LogP contribution in [0.25, 0.3) is 0 Å². The third-order valence-electron chi connectivity index (χ3n) is 3.52. The van der Waals surface area contributed by atoms with E-state index in [0.29, 0.717) is 32.4 Å². The van der Waals surface area contributed by atoms with Gasteiger partial charge in [-0.05, 0) is 19.3 Å². The topological polar surface area (TPSA) is 95.9 Å². The molecule has 2 N–H and O–H groups in total. The van der Waals surface area contributed by atoms with E-state index in [1.54, 1.807) is 14.2 Å². The van der Waals surface area contributed by atoms with Gasteiger partial charge in [-0.25, -0.2) is 0 Å². The number of ether oxygens (including phenoxy) is 1. The highest BCUT2D eigenvalue weighted by molar-refractivity contribution is 5.86. The molecule has 0 radical (unpaired) electrons. The summed E-state index contributed by atoms with van der Waals surface area (Å²) in [6.07, 6.45) is 1.47. The number of likely N-dealkylation sites (N-methyl/N-ethyl adjacent to an activating group) is 1. The van der Waals surface area contributed by atoms with Gasteiger partial charge in [0.2, 0.25) is 11.8 Å². The average Bonchev–Trinajstić information content (AvgIpc) is 2.87. The fraction of sp³-hybridized carbons (Fsp3) is 0.769. The maximum atomic E-state index is 12.1. The SMILES string of the molecule is COCCNC(=O)CN(C)C(=O)C1CCC(C(=O)O)C1. The Kier molecular flexibility index (Phi) is 6.44. The van der Waals surface area contributed by atoms with Crippen molar-refractivity contribution in [1.29, 1.82) is 0 Å². The van der Waals surface area contributed by atoms with Crippen molar-refractivity contribution in [2.75, 3.05) is 33.9 Å². The summed E-state index contributed by atoms with van der Waals surface area (Å²) in [5.41, 5.74) is 0. The number of amides is 2. The van der Waals surface area contributed by atoms with E-state index >= 15 is 0 Å². The van der Waals surface area contributed by atoms with Crippen molar-refractivity contribution in [3.8, 4) is 0 Å². The lowest BCUT2D eigenvalue weighted by Gasteiger charge is -2.20. The fourth-order valence-corrected chi connectivity index (χ4v) is 2.38. The summed E-state index contributed by atoms with van der Waals surface area (Å²) in [4.78, 5) is 35.9. The lowest BCUT2D eigenvalue weighted by Crippen LogP contribution is -2.41. The van der Waals surface area contributed by atoms with E-state index < -0.39 is 11.9 Å². The van der Waals surface area contributed by atoms with Crippen molar-refractivity contribution >= 4 is 17.8 Å². The van der Waals surface area contributed by atoms with Crippen molar-refractivity contribution in [1.82, 2.24) is 10.2 Å². The van der Waals surface area contributed by atoms with Gasteiger partial charge in [0.1, 0.15) is 0 Å². The zero-order valence-corrected chi connectivity index (χ0v) is 11.9. The minimum Gasteiger partial charge on any atom is -0.481 e. The van der Waals surface area contributed by atoms with Gasteiger partial charge in [-0.1, -0.05) is 0 Å². The highest BCUT2D eigenvalue weighted by Crippen LogP contribution is 2.32. The molecule has 0 bridgehead atoms. The van der Waals surface area contributed by atoms with E-state index in [2.05, 4.69) is 5.32 Å². The second kappa shape index (κ2) is 7.84. The van der Waals surface area contributed by atoms with Crippen molar-refractivity contribution < 1.29 is 24.2 Å². The number of methoxy groups -OCH3 is 1. The molecule has 7 nitrogen and oxygen atoms in total. The Balaban J connectivity index is 2.36. The summed E-state index contributed by atoms with van der Waals surface area (Å²) < 4.78 is 4.81. The second-order valence-corrected chi connectivity index (χ2v) is 5.08. The van der Waals surface area contributed by atoms with Crippen LogP contribution in [0.5, 0.6) is 0 Å². The molecule has 1 rings (SSSR count). The first-order chi connectivity index (χ1) is 9.45. The van der Waals surface area contributed by atoms with Crippen LogP contribution in [0, 0.1) is 11.8 Å². The molecule has 0 spiro atoms. The number of aliphatic carboxylic acids is 1. The largest absolute Gasteiger partial charge is 0.481 e. The number of hydrogen-bond donors (Lipinski definition) is 2. The molecule has 0 heterocycles. The normalized spacial score (nSPS) is 21.5. The Morgan fingerprint density at radius 2 is 1.95 bits per heavy atom. The minimum atomic E-state index is -0.847. The number of hydrogen-bond acceptors (Lipinski definition) is 4. The molecule has 20 heavy (non-hydrogen) atoms. The molecule has 0 aromatic rings. The maximum absolute atomic E-state index is 12.1. The van der Waals surface area contributed by atoms with E-state index in [9.17, 15) is 14.4 Å². The smallest absolute Gasteiger partial charge is 0.306 e. The van der Waals surface area contributed by atoms with Crippen LogP contribution in [0.2, 0.25) is 0 Å². The van der Waals surface area contributed by atoms with E-state index in [1.165, 1.54) is 4.90 Å². The van der Waals surface area contributed by atoms with Gasteiger partial charge in [-0.15, -0.1) is 0 Å². The molecular weight excluding hydrogens is 264 g/mol. The number of carboxylic acid groups (broad SMARTS) is 1. The third kappa shape index (κ3) is 4.80. The van der Waals surface area contributed by atoms with Crippen LogP contribution in [-0.4, -0.2) is 61.6 Å². The number of nitrogens with zero attached hydrogens (tertiary/aromatic N) is 1. The van der Waals surface area contributed by atoms with Gasteiger partial charge in [-0.3, -0.25) is 14.4 Å². The standard InChI is InChI=1S/C13H22N2O5/c1-15(8-11(16)14-5-6-20-2)12(17)9-3-4-10(7-9)13(18)19/h9-10H,3-8H2,1-2H3,(H,14,16)(H,18,19). The first-order valence-electron chi connectivity index (χ1n) is 6.69. The van der Waals surface area contributed by atoms with E-state index in [-0.39, 0.29) is 24.3 Å². The Morgan fingerprint density at radius 1 is 1.30 bits per heavy atom. The molecule has 0 aromatic carbocycles. The summed E-state index contributed by atoms with van der Waals surface area (Å²) >= 11 is 0. The monoisotopic (exact) mass is 286 g/mol. The zero-order valence-electron chi connectivity index (χ0n) is 11.9. The highest BCUT2D eigenvalue weighted by Gasteiger charge is 2.35. The number of carbonyl (C=O) groups is 3. The first kappa shape index (κ1) is 16.4. The van der Waals surface area contributed by atoms with Crippen molar-refractivity contribution in [2.24, 2.45) is 11.8 Å². The van der Waals surface area contributed by atoms with E-state index in [4.69, 9.17) is 9.84 Å². The van der Waals surface area contributed by atoms with Crippen LogP contribution >= 0.6 is 0 Å². The molecule has 2 amide bonds. The average molecular weight is 286 g/mol. The van der Waals surface area contributed by atoms with E-state index in [0.717, 1.165) is 0 Å². The van der Waals surface area contributed by atoms with Gasteiger partial charge in [0, 0.05) is 26.6 Å². The van der Waals surface area contributed by atoms with Gasteiger partial charge in [0.05, 0.1) is 19.1 Å². The predicted molar refractivity (Wildman–Crippen MR) is 71.0 cm³/mol. The van der Waals surface area contributed by atoms with Crippen LogP contribution in [0.4, 0.5) is 0 Å². The van der Waals surface area contributed by atoms with Crippen LogP contribution in [0.15, 0.2) is 0 Å². The lowest BCUT2D eigenvalue weighted by atomic mass is 10.0. The molecule has 1 fully saturated rings. The number of nitrogens with one attached hydrogen (secondary N) is 1. The molecule has 2 atom stereocenters. The van der Waals surface area contributed by atoms with Crippen LogP contribution < -0.4 is 5.32 Å². The zero-order chi connectivity index (χ0) is 15.1. The Morgan fingerprint density at radius 3 is 2.50 bits per heavy atom. The van der Waals surface area contributed by atoms with Crippen LogP contribution in [-0.2, 0) is 19.1 Å². The van der Waals surface area contributed by atoms with E-state index in [1.807, 2.05) is 0 Å². The third-order valence-corrected chi connectivity index (χ3v) is 3.52. The second-order valence-electron chi connectivity index (χ2n) is 5.08. The summed E-state index contributed by atoms with van der Waals surface area (Å²) in [5, 5.41) is 11.6. The molecule has 2 unspecified atom stereocenters. The Labute approximate surface area is 118 Å². The molecule has 1 aliphatic rings. The van der Waals surface area contributed by atoms with Gasteiger partial charge in [-0.2, -0.15) is 0 Å². The molecule has 0 aliphatic heterocycles. The minimum absolute atomic E-state index is 0.0171. The molecule has 7 heteroatoms. The van der Waals surface area contributed by atoms with Crippen LogP contribution in [0.3, 0.4) is 0 Å². The molecular formula is C13H22N2O5. The molecule has 1 aliphatic carbocycles. The maximum Gasteiger partial charge on any atom is 0.306 e. The quantitative estimate of drug-likeness (QED) is 0.627. The Hall–Kier alpha value is -1.63. The number of carbonyl (C=O) groups excluding carboxylic acids is 2. The predicted octanol–water partition coefficient (Wildman–Crippen LogP) is -0.292. The van der Waals surface area contributed by atoms with Gasteiger partial charge < -0.3 is 20.1 Å². The summed E-state index contributed by atoms with van der Waals surface area (Å²) in [5.74, 6) is -1.97. The van der Waals surface area contributed by atoms with Gasteiger partial charge >= 0.3 is 5.97 Å². The fourth-order valence-electron chi connectivity index (χ4n) is 2.38. The van der Waals surface area contributed by atoms with Crippen molar-refractivity contribution in [2.45, 2.75) is 19.3 Å². The summed E-state index contributed by atoms with van der Waals surface area (Å²) in [6.45, 7) is 0.810. The number of carboxylic acids is 1. The molecule has 0 aromatic heterocycles. The lowest BCUT2D eigenvalue weighted by molar-refractivity contribution is -0.142. The van der Waals surface area contributed by atoms with Crippen molar-refractivity contribution in [3.05, 3.63) is 0 Å². The van der Waals surface area contributed by atoms with Gasteiger partial charge in [0.15, 0.2) is 0 Å². The summed E-state index contributed by atoms with van der Waals surface area (Å²) in [7, 11) is 3.10. The molecule has 0 saturated heterocycles. The highest BCUT2D eigenvalue weighted by atomic mass is 16.5. The molecule has 1 saturated carbocycles. The van der Waals surface area contributed by atoms with Crippen molar-refractivity contribution in [3.63, 3.8) is 0 Å². The summed E-state index contributed by atoms with van der Waals surface area (Å²) in [6, 6.07) is 0. The van der Waals surface area contributed by atoms with Crippen LogP contribution in [0.1, 0.15) is 19.3 Å². The number of rotatable bonds is 7. The first-order valence-corrected chi connectivity index (χ1v) is 6.69. The molecule has 114 valence electrons.